The first kappa shape index (κ1) is 12.9. The summed E-state index contributed by atoms with van der Waals surface area (Å²) in [4.78, 5) is 4.10. The largest absolute Gasteiger partial charge is 0.381 e. The van der Waals surface area contributed by atoms with Crippen molar-refractivity contribution in [1.82, 2.24) is 4.98 Å². The molecular weight excluding hydrogens is 275 g/mol. The molecule has 0 aliphatic heterocycles. The molecule has 0 amide bonds. The fraction of sp³-hybridized carbons (Fsp3) is 0.0625. The van der Waals surface area contributed by atoms with Crippen LogP contribution in [0.25, 0.3) is 10.8 Å². The third-order valence-corrected chi connectivity index (χ3v) is 3.38. The standard InChI is InChI=1S/C16H12ClFN2/c17-12-3-1-4-13(7-12)20-9-11-8-19-10-15-14(11)5-2-6-16(15)18/h1-8,10,20H,9H2. The Morgan fingerprint density at radius 3 is 2.75 bits per heavy atom. The summed E-state index contributed by atoms with van der Waals surface area (Å²) in [7, 11) is 0. The highest BCUT2D eigenvalue weighted by Gasteiger charge is 2.05. The molecule has 1 N–H and O–H groups in total. The van der Waals surface area contributed by atoms with Crippen LogP contribution in [0.3, 0.4) is 0 Å². The average molecular weight is 287 g/mol. The summed E-state index contributed by atoms with van der Waals surface area (Å²) < 4.78 is 13.7. The molecule has 2 nitrogen and oxygen atoms in total. The molecule has 2 aromatic carbocycles. The molecule has 0 aliphatic rings. The van der Waals surface area contributed by atoms with Gasteiger partial charge in [-0.05, 0) is 35.2 Å². The van der Waals surface area contributed by atoms with Crippen LogP contribution in [-0.4, -0.2) is 4.98 Å². The predicted molar refractivity (Wildman–Crippen MR) is 80.5 cm³/mol. The number of aromatic nitrogens is 1. The van der Waals surface area contributed by atoms with Crippen molar-refractivity contribution < 1.29 is 4.39 Å². The lowest BCUT2D eigenvalue weighted by atomic mass is 10.1. The third kappa shape index (κ3) is 2.58. The molecule has 0 spiro atoms. The number of anilines is 1. The maximum absolute atomic E-state index is 13.7. The molecule has 0 bridgehead atoms. The minimum Gasteiger partial charge on any atom is -0.381 e. The Balaban J connectivity index is 1.90. The van der Waals surface area contributed by atoms with Crippen LogP contribution >= 0.6 is 11.6 Å². The van der Waals surface area contributed by atoms with Gasteiger partial charge in [-0.2, -0.15) is 0 Å². The summed E-state index contributed by atoms with van der Waals surface area (Å²) in [5.74, 6) is -0.250. The van der Waals surface area contributed by atoms with Crippen LogP contribution in [0.4, 0.5) is 10.1 Å². The highest BCUT2D eigenvalue weighted by molar-refractivity contribution is 6.30. The highest BCUT2D eigenvalue weighted by atomic mass is 35.5. The zero-order chi connectivity index (χ0) is 13.9. The first-order chi connectivity index (χ1) is 9.74. The summed E-state index contributed by atoms with van der Waals surface area (Å²) >= 11 is 5.94. The molecule has 4 heteroatoms. The lowest BCUT2D eigenvalue weighted by Gasteiger charge is -2.09. The molecule has 3 rings (SSSR count). The Labute approximate surface area is 121 Å². The molecule has 100 valence electrons. The first-order valence-electron chi connectivity index (χ1n) is 6.24. The van der Waals surface area contributed by atoms with Gasteiger partial charge >= 0.3 is 0 Å². The second-order valence-corrected chi connectivity index (χ2v) is 4.93. The van der Waals surface area contributed by atoms with Gasteiger partial charge in [-0.25, -0.2) is 4.39 Å². The van der Waals surface area contributed by atoms with Gasteiger partial charge in [0, 0.05) is 35.0 Å². The van der Waals surface area contributed by atoms with Crippen molar-refractivity contribution in [3.63, 3.8) is 0 Å². The number of hydrogen-bond donors (Lipinski definition) is 1. The van der Waals surface area contributed by atoms with Gasteiger partial charge in [0.05, 0.1) is 0 Å². The minimum atomic E-state index is -0.250. The first-order valence-corrected chi connectivity index (χ1v) is 6.62. The van der Waals surface area contributed by atoms with Gasteiger partial charge in [0.2, 0.25) is 0 Å². The van der Waals surface area contributed by atoms with Gasteiger partial charge in [0.25, 0.3) is 0 Å². The zero-order valence-electron chi connectivity index (χ0n) is 10.6. The summed E-state index contributed by atoms with van der Waals surface area (Å²) in [6, 6.07) is 12.5. The normalized spacial score (nSPS) is 10.7. The van der Waals surface area contributed by atoms with E-state index in [1.54, 1.807) is 18.5 Å². The second kappa shape index (κ2) is 5.47. The molecular formula is C16H12ClFN2. The van der Waals surface area contributed by atoms with Gasteiger partial charge in [-0.3, -0.25) is 4.98 Å². The van der Waals surface area contributed by atoms with E-state index in [1.165, 1.54) is 6.07 Å². The van der Waals surface area contributed by atoms with Crippen LogP contribution in [0, 0.1) is 5.82 Å². The summed E-state index contributed by atoms with van der Waals surface area (Å²) in [5.41, 5.74) is 1.87. The monoisotopic (exact) mass is 286 g/mol. The zero-order valence-corrected chi connectivity index (χ0v) is 11.4. The molecule has 0 aliphatic carbocycles. The Morgan fingerprint density at radius 1 is 1.05 bits per heavy atom. The topological polar surface area (TPSA) is 24.9 Å². The predicted octanol–water partition coefficient (Wildman–Crippen LogP) is 4.64. The Hall–Kier alpha value is -2.13. The smallest absolute Gasteiger partial charge is 0.132 e. The van der Waals surface area contributed by atoms with E-state index in [0.29, 0.717) is 17.0 Å². The number of halogens is 2. The maximum Gasteiger partial charge on any atom is 0.132 e. The average Bonchev–Trinajstić information content (AvgIpc) is 2.46. The number of hydrogen-bond acceptors (Lipinski definition) is 2. The molecule has 0 unspecified atom stereocenters. The van der Waals surface area contributed by atoms with Gasteiger partial charge in [0.15, 0.2) is 0 Å². The lowest BCUT2D eigenvalue weighted by molar-refractivity contribution is 0.639. The molecule has 0 radical (unpaired) electrons. The van der Waals surface area contributed by atoms with E-state index in [9.17, 15) is 4.39 Å². The number of nitrogens with one attached hydrogen (secondary N) is 1. The Morgan fingerprint density at radius 2 is 1.90 bits per heavy atom. The maximum atomic E-state index is 13.7. The van der Waals surface area contributed by atoms with Gasteiger partial charge in [0.1, 0.15) is 5.82 Å². The SMILES string of the molecule is Fc1cccc2c(CNc3cccc(Cl)c3)cncc12. The van der Waals surface area contributed by atoms with Crippen molar-refractivity contribution >= 4 is 28.1 Å². The highest BCUT2D eigenvalue weighted by Crippen LogP contribution is 2.22. The van der Waals surface area contributed by atoms with E-state index in [-0.39, 0.29) is 5.82 Å². The summed E-state index contributed by atoms with van der Waals surface area (Å²) in [5, 5.41) is 5.35. The van der Waals surface area contributed by atoms with Crippen LogP contribution in [-0.2, 0) is 6.54 Å². The lowest BCUT2D eigenvalue weighted by Crippen LogP contribution is -2.01. The van der Waals surface area contributed by atoms with E-state index in [2.05, 4.69) is 10.3 Å². The second-order valence-electron chi connectivity index (χ2n) is 4.50. The van der Waals surface area contributed by atoms with E-state index < -0.39 is 0 Å². The number of rotatable bonds is 3. The number of fused-ring (bicyclic) bond motifs is 1. The molecule has 20 heavy (non-hydrogen) atoms. The van der Waals surface area contributed by atoms with Gasteiger partial charge in [-0.15, -0.1) is 0 Å². The summed E-state index contributed by atoms with van der Waals surface area (Å²) in [6.45, 7) is 0.564. The molecule has 1 aromatic heterocycles. The van der Waals surface area contributed by atoms with Crippen LogP contribution in [0.5, 0.6) is 0 Å². The van der Waals surface area contributed by atoms with Crippen molar-refractivity contribution in [2.75, 3.05) is 5.32 Å². The minimum absolute atomic E-state index is 0.250. The molecule has 0 atom stereocenters. The van der Waals surface area contributed by atoms with E-state index >= 15 is 0 Å². The molecule has 0 saturated heterocycles. The van der Waals surface area contributed by atoms with Crippen molar-refractivity contribution in [1.29, 1.82) is 0 Å². The van der Waals surface area contributed by atoms with Crippen LogP contribution in [0.2, 0.25) is 5.02 Å². The molecule has 3 aromatic rings. The quantitative estimate of drug-likeness (QED) is 0.759. The molecule has 1 heterocycles. The van der Waals surface area contributed by atoms with Crippen molar-refractivity contribution in [3.05, 3.63) is 71.3 Å². The van der Waals surface area contributed by atoms with Crippen molar-refractivity contribution in [3.8, 4) is 0 Å². The molecule has 0 fully saturated rings. The van der Waals surface area contributed by atoms with Crippen molar-refractivity contribution in [2.45, 2.75) is 6.54 Å². The van der Waals surface area contributed by atoms with E-state index in [4.69, 9.17) is 11.6 Å². The Kier molecular flexibility index (Phi) is 3.52. The van der Waals surface area contributed by atoms with Gasteiger partial charge in [-0.1, -0.05) is 29.8 Å². The van der Waals surface area contributed by atoms with Crippen LogP contribution in [0.1, 0.15) is 5.56 Å². The van der Waals surface area contributed by atoms with Crippen LogP contribution < -0.4 is 5.32 Å². The molecule has 0 saturated carbocycles. The number of pyridine rings is 1. The fourth-order valence-electron chi connectivity index (χ4n) is 2.16. The van der Waals surface area contributed by atoms with Gasteiger partial charge < -0.3 is 5.32 Å². The summed E-state index contributed by atoms with van der Waals surface area (Å²) in [6.07, 6.45) is 3.30. The number of benzene rings is 2. The van der Waals surface area contributed by atoms with Crippen LogP contribution in [0.15, 0.2) is 54.9 Å². The Bertz CT molecular complexity index is 758. The third-order valence-electron chi connectivity index (χ3n) is 3.14. The fourth-order valence-corrected chi connectivity index (χ4v) is 2.35. The van der Waals surface area contributed by atoms with Crippen molar-refractivity contribution in [2.24, 2.45) is 0 Å². The number of nitrogens with zero attached hydrogens (tertiary/aromatic N) is 1. The van der Waals surface area contributed by atoms with E-state index in [1.807, 2.05) is 30.3 Å². The van der Waals surface area contributed by atoms with E-state index in [0.717, 1.165) is 16.6 Å².